The van der Waals surface area contributed by atoms with Crippen LogP contribution in [0.5, 0.6) is 0 Å². The lowest BCUT2D eigenvalue weighted by atomic mass is 10.1. The fraction of sp³-hybridized carbons (Fsp3) is 0.375. The van der Waals surface area contributed by atoms with Crippen molar-refractivity contribution in [2.24, 2.45) is 0 Å². The van der Waals surface area contributed by atoms with Crippen LogP contribution < -0.4 is 5.32 Å². The summed E-state index contributed by atoms with van der Waals surface area (Å²) >= 11 is 0. The summed E-state index contributed by atoms with van der Waals surface area (Å²) in [7, 11) is 0. The maximum atomic E-state index is 12.6. The maximum absolute atomic E-state index is 12.6. The Morgan fingerprint density at radius 2 is 2.10 bits per heavy atom. The number of carbonyl (C=O) groups is 1. The first kappa shape index (κ1) is 13.8. The molecule has 0 atom stereocenters. The van der Waals surface area contributed by atoms with Gasteiger partial charge >= 0.3 is 0 Å². The lowest BCUT2D eigenvalue weighted by Gasteiger charge is -2.26. The average molecular weight is 285 g/mol. The van der Waals surface area contributed by atoms with Crippen LogP contribution in [0.15, 0.2) is 30.3 Å². The molecule has 1 saturated heterocycles. The Balaban J connectivity index is 1.99. The number of anilines is 1. The second-order valence-corrected chi connectivity index (χ2v) is 5.01. The van der Waals surface area contributed by atoms with E-state index < -0.39 is 0 Å². The minimum Gasteiger partial charge on any atom is -0.385 e. The van der Waals surface area contributed by atoms with E-state index in [1.165, 1.54) is 0 Å². The summed E-state index contributed by atoms with van der Waals surface area (Å²) in [6.45, 7) is 5.30. The van der Waals surface area contributed by atoms with Gasteiger partial charge in [-0.2, -0.15) is 0 Å². The number of hydrogen-bond acceptors (Lipinski definition) is 4. The van der Waals surface area contributed by atoms with E-state index in [0.29, 0.717) is 32.0 Å². The van der Waals surface area contributed by atoms with E-state index in [1.807, 2.05) is 37.3 Å². The minimum absolute atomic E-state index is 0.0248. The van der Waals surface area contributed by atoms with E-state index in [0.717, 1.165) is 23.1 Å². The fourth-order valence-corrected chi connectivity index (χ4v) is 2.55. The number of benzene rings is 1. The molecule has 1 fully saturated rings. The third-order valence-electron chi connectivity index (χ3n) is 3.60. The molecule has 110 valence electrons. The first-order valence-electron chi connectivity index (χ1n) is 7.30. The molecule has 1 aromatic heterocycles. The molecule has 5 heteroatoms. The molecule has 5 nitrogen and oxygen atoms in total. The summed E-state index contributed by atoms with van der Waals surface area (Å²) in [5.74, 6) is -0.0248. The topological polar surface area (TPSA) is 54.5 Å². The van der Waals surface area contributed by atoms with E-state index in [-0.39, 0.29) is 5.91 Å². The third kappa shape index (κ3) is 2.83. The van der Waals surface area contributed by atoms with Crippen molar-refractivity contribution >= 4 is 22.5 Å². The Morgan fingerprint density at radius 3 is 2.86 bits per heavy atom. The van der Waals surface area contributed by atoms with Crippen molar-refractivity contribution in [3.8, 4) is 0 Å². The van der Waals surface area contributed by atoms with Crippen molar-refractivity contribution in [2.75, 3.05) is 38.2 Å². The molecule has 2 aromatic rings. The fourth-order valence-electron chi connectivity index (χ4n) is 2.55. The number of nitrogens with one attached hydrogen (secondary N) is 1. The molecule has 1 amide bonds. The van der Waals surface area contributed by atoms with Crippen LogP contribution >= 0.6 is 0 Å². The van der Waals surface area contributed by atoms with Gasteiger partial charge in [0, 0.05) is 30.7 Å². The smallest absolute Gasteiger partial charge is 0.272 e. The van der Waals surface area contributed by atoms with Crippen LogP contribution in [0.2, 0.25) is 0 Å². The highest BCUT2D eigenvalue weighted by molar-refractivity contribution is 5.99. The Bertz CT molecular complexity index is 651. The van der Waals surface area contributed by atoms with Crippen LogP contribution in [-0.2, 0) is 4.74 Å². The number of fused-ring (bicyclic) bond motifs is 1. The zero-order valence-electron chi connectivity index (χ0n) is 12.1. The Kier molecular flexibility index (Phi) is 4.01. The third-order valence-corrected chi connectivity index (χ3v) is 3.60. The molecule has 1 aromatic carbocycles. The van der Waals surface area contributed by atoms with Crippen LogP contribution in [0, 0.1) is 0 Å². The van der Waals surface area contributed by atoms with Crippen LogP contribution in [-0.4, -0.2) is 48.6 Å². The van der Waals surface area contributed by atoms with Crippen molar-refractivity contribution in [3.63, 3.8) is 0 Å². The molecule has 1 N–H and O–H groups in total. The number of morpholine rings is 1. The Labute approximate surface area is 123 Å². The molecular weight excluding hydrogens is 266 g/mol. The molecule has 0 aliphatic carbocycles. The van der Waals surface area contributed by atoms with Crippen LogP contribution in [0.4, 0.5) is 5.69 Å². The molecule has 0 bridgehead atoms. The van der Waals surface area contributed by atoms with Crippen molar-refractivity contribution < 1.29 is 9.53 Å². The second kappa shape index (κ2) is 6.10. The zero-order chi connectivity index (χ0) is 14.7. The highest BCUT2D eigenvalue weighted by Crippen LogP contribution is 2.23. The lowest BCUT2D eigenvalue weighted by molar-refractivity contribution is 0.0299. The SMILES string of the molecule is CCNc1cc(C(=O)N2CCOCC2)nc2ccccc12. The van der Waals surface area contributed by atoms with Crippen LogP contribution in [0.3, 0.4) is 0 Å². The van der Waals surface area contributed by atoms with E-state index in [1.54, 1.807) is 4.90 Å². The van der Waals surface area contributed by atoms with Crippen LogP contribution in [0.1, 0.15) is 17.4 Å². The summed E-state index contributed by atoms with van der Waals surface area (Å²) in [6, 6.07) is 9.72. The number of pyridine rings is 1. The van der Waals surface area contributed by atoms with Gasteiger partial charge in [-0.1, -0.05) is 18.2 Å². The number of amides is 1. The molecule has 0 saturated carbocycles. The molecule has 21 heavy (non-hydrogen) atoms. The van der Waals surface area contributed by atoms with Gasteiger partial charge < -0.3 is 15.0 Å². The maximum Gasteiger partial charge on any atom is 0.272 e. The van der Waals surface area contributed by atoms with Crippen molar-refractivity contribution in [2.45, 2.75) is 6.92 Å². The molecule has 0 spiro atoms. The molecular formula is C16H19N3O2. The molecule has 1 aliphatic rings. The summed E-state index contributed by atoms with van der Waals surface area (Å²) in [5.41, 5.74) is 2.29. The van der Waals surface area contributed by atoms with Gasteiger partial charge in [-0.3, -0.25) is 4.79 Å². The molecule has 0 radical (unpaired) electrons. The van der Waals surface area contributed by atoms with Gasteiger partial charge in [0.1, 0.15) is 5.69 Å². The largest absolute Gasteiger partial charge is 0.385 e. The summed E-state index contributed by atoms with van der Waals surface area (Å²) in [4.78, 5) is 18.9. The predicted octanol–water partition coefficient (Wildman–Crippen LogP) is 2.14. The van der Waals surface area contributed by atoms with Gasteiger partial charge in [-0.15, -0.1) is 0 Å². The molecule has 1 aliphatic heterocycles. The lowest BCUT2D eigenvalue weighted by Crippen LogP contribution is -2.41. The standard InChI is InChI=1S/C16H19N3O2/c1-2-17-14-11-15(16(20)19-7-9-21-10-8-19)18-13-6-4-3-5-12(13)14/h3-6,11H,2,7-10H2,1H3,(H,17,18). The molecule has 2 heterocycles. The minimum atomic E-state index is -0.0248. The van der Waals surface area contributed by atoms with Gasteiger partial charge in [-0.05, 0) is 19.1 Å². The van der Waals surface area contributed by atoms with Gasteiger partial charge in [0.05, 0.1) is 18.7 Å². The van der Waals surface area contributed by atoms with Gasteiger partial charge in [0.2, 0.25) is 0 Å². The number of nitrogens with zero attached hydrogens (tertiary/aromatic N) is 2. The van der Waals surface area contributed by atoms with Gasteiger partial charge in [-0.25, -0.2) is 4.98 Å². The first-order valence-corrected chi connectivity index (χ1v) is 7.30. The van der Waals surface area contributed by atoms with E-state index in [9.17, 15) is 4.79 Å². The van der Waals surface area contributed by atoms with E-state index in [2.05, 4.69) is 10.3 Å². The summed E-state index contributed by atoms with van der Waals surface area (Å²) in [6.07, 6.45) is 0. The van der Waals surface area contributed by atoms with Crippen molar-refractivity contribution in [1.82, 2.24) is 9.88 Å². The number of ether oxygens (including phenoxy) is 1. The van der Waals surface area contributed by atoms with E-state index >= 15 is 0 Å². The van der Waals surface area contributed by atoms with Gasteiger partial charge in [0.15, 0.2) is 0 Å². The van der Waals surface area contributed by atoms with Crippen molar-refractivity contribution in [1.29, 1.82) is 0 Å². The number of aromatic nitrogens is 1. The molecule has 0 unspecified atom stereocenters. The first-order chi connectivity index (χ1) is 10.3. The molecule has 3 rings (SSSR count). The van der Waals surface area contributed by atoms with E-state index in [4.69, 9.17) is 4.74 Å². The van der Waals surface area contributed by atoms with Gasteiger partial charge in [0.25, 0.3) is 5.91 Å². The monoisotopic (exact) mass is 285 g/mol. The number of carbonyl (C=O) groups excluding carboxylic acids is 1. The number of hydrogen-bond donors (Lipinski definition) is 1. The summed E-state index contributed by atoms with van der Waals surface area (Å²) in [5, 5.41) is 4.35. The van der Waals surface area contributed by atoms with Crippen molar-refractivity contribution in [3.05, 3.63) is 36.0 Å². The average Bonchev–Trinajstić information content (AvgIpc) is 2.55. The normalized spacial score (nSPS) is 15.2. The number of para-hydroxylation sites is 1. The summed E-state index contributed by atoms with van der Waals surface area (Å²) < 4.78 is 5.29. The van der Waals surface area contributed by atoms with Crippen LogP contribution in [0.25, 0.3) is 10.9 Å². The Hall–Kier alpha value is -2.14. The quantitative estimate of drug-likeness (QED) is 0.938. The highest BCUT2D eigenvalue weighted by Gasteiger charge is 2.20. The zero-order valence-corrected chi connectivity index (χ0v) is 12.1. The highest BCUT2D eigenvalue weighted by atomic mass is 16.5. The number of rotatable bonds is 3. The Morgan fingerprint density at radius 1 is 1.33 bits per heavy atom. The predicted molar refractivity (Wildman–Crippen MR) is 82.6 cm³/mol. The second-order valence-electron chi connectivity index (χ2n) is 5.01.